The summed E-state index contributed by atoms with van der Waals surface area (Å²) in [6.07, 6.45) is 46.9. The topological polar surface area (TPSA) is 0 Å². The van der Waals surface area contributed by atoms with E-state index in [2.05, 4.69) is 34.6 Å². The molecule has 0 aliphatic heterocycles. The third kappa shape index (κ3) is 15.7. The van der Waals surface area contributed by atoms with Crippen molar-refractivity contribution in [2.24, 2.45) is 59.2 Å². The molecule has 272 valence electrons. The molecule has 0 nitrogen and oxygen atoms in total. The van der Waals surface area contributed by atoms with Crippen molar-refractivity contribution in [2.45, 2.75) is 194 Å². The Morgan fingerprint density at radius 2 is 0.478 bits per heavy atom. The molecule has 3 heteroatoms. The van der Waals surface area contributed by atoms with Gasteiger partial charge in [-0.25, -0.2) is 0 Å². The van der Waals surface area contributed by atoms with Gasteiger partial charge in [-0.15, -0.1) is 27.7 Å². The zero-order valence-electron chi connectivity index (χ0n) is 30.4. The molecule has 0 N–H and O–H groups in total. The molecule has 5 fully saturated rings. The third-order valence-electron chi connectivity index (χ3n) is 14.3. The molecule has 0 saturated heterocycles. The Labute approximate surface area is 298 Å². The van der Waals surface area contributed by atoms with Crippen LogP contribution in [0.2, 0.25) is 0 Å². The van der Waals surface area contributed by atoms with E-state index in [1.807, 2.05) is 0 Å². The van der Waals surface area contributed by atoms with Gasteiger partial charge in [-0.05, 0) is 116 Å². The molecule has 0 spiro atoms. The Bertz CT molecular complexity index is 640. The molecule has 0 aromatic carbocycles. The predicted octanol–water partition coefficient (Wildman–Crippen LogP) is 14.4. The van der Waals surface area contributed by atoms with Crippen LogP contribution in [0.15, 0.2) is 0 Å². The lowest BCUT2D eigenvalue weighted by molar-refractivity contribution is 0.163. The van der Waals surface area contributed by atoms with Gasteiger partial charge in [0.2, 0.25) is 0 Å². The Hall–Kier alpha value is 1.29. The molecule has 3 unspecified atom stereocenters. The van der Waals surface area contributed by atoms with E-state index >= 15 is 0 Å². The Morgan fingerprint density at radius 1 is 0.304 bits per heavy atom. The summed E-state index contributed by atoms with van der Waals surface area (Å²) in [6.45, 7) is 2.35. The summed E-state index contributed by atoms with van der Waals surface area (Å²) in [5.74, 6) is 10.8. The highest BCUT2D eigenvalue weighted by atomic mass is 31.0. The molecule has 5 saturated carbocycles. The van der Waals surface area contributed by atoms with Crippen molar-refractivity contribution >= 4 is 27.7 Å². The van der Waals surface area contributed by atoms with E-state index in [-0.39, 0.29) is 7.43 Å². The normalized spacial score (nSPS) is 37.0. The van der Waals surface area contributed by atoms with E-state index in [1.165, 1.54) is 89.1 Å². The van der Waals surface area contributed by atoms with Gasteiger partial charge in [0.15, 0.2) is 0 Å². The average Bonchev–Trinajstić information content (AvgIpc) is 3.07. The first-order valence-corrected chi connectivity index (χ1v) is 23.6. The fourth-order valence-corrected chi connectivity index (χ4v) is 12.7. The summed E-state index contributed by atoms with van der Waals surface area (Å²) >= 11 is 0. The first kappa shape index (κ1) is 41.7. The average molecular weight is 695 g/mol. The lowest BCUT2D eigenvalue weighted by Crippen LogP contribution is -2.23. The van der Waals surface area contributed by atoms with Gasteiger partial charge in [-0.3, -0.25) is 0 Å². The van der Waals surface area contributed by atoms with Crippen molar-refractivity contribution in [2.75, 3.05) is 18.5 Å². The van der Waals surface area contributed by atoms with Crippen molar-refractivity contribution in [1.82, 2.24) is 0 Å². The molecular formula is C43H85P3. The van der Waals surface area contributed by atoms with E-state index in [0.717, 1.165) is 59.2 Å². The molecule has 0 heterocycles. The van der Waals surface area contributed by atoms with E-state index in [0.29, 0.717) is 0 Å². The third-order valence-corrected chi connectivity index (χ3v) is 15.3. The first-order chi connectivity index (χ1) is 22.1. The van der Waals surface area contributed by atoms with Crippen LogP contribution in [-0.4, -0.2) is 18.5 Å². The highest BCUT2D eigenvalue weighted by molar-refractivity contribution is 7.16. The second kappa shape index (κ2) is 24.5. The minimum absolute atomic E-state index is 0. The molecule has 0 radical (unpaired) electrons. The summed E-state index contributed by atoms with van der Waals surface area (Å²) in [4.78, 5) is 0. The van der Waals surface area contributed by atoms with Gasteiger partial charge in [0.25, 0.3) is 0 Å². The van der Waals surface area contributed by atoms with Gasteiger partial charge in [-0.2, -0.15) is 0 Å². The Balaban J connectivity index is 0.000000257. The smallest absolute Gasteiger partial charge is 0.0378 e. The second-order valence-electron chi connectivity index (χ2n) is 17.7. The summed E-state index contributed by atoms with van der Waals surface area (Å²) < 4.78 is 0. The fraction of sp³-hybridized carbons (Fsp3) is 1.00. The predicted molar refractivity (Wildman–Crippen MR) is 220 cm³/mol. The molecule has 46 heavy (non-hydrogen) atoms. The quantitative estimate of drug-likeness (QED) is 0.159. The number of hydrogen-bond acceptors (Lipinski definition) is 0. The Kier molecular flexibility index (Phi) is 22.2. The molecule has 5 aliphatic carbocycles. The SMILES string of the molecule is C.CCCC1CCC(CC2CCC(CCP)CC2)CC1.PCCC1CCC(CC2CCC(CC3CCC(CCP)CC3)CC2)CC1. The van der Waals surface area contributed by atoms with Gasteiger partial charge >= 0.3 is 0 Å². The van der Waals surface area contributed by atoms with E-state index in [9.17, 15) is 0 Å². The number of rotatable bonds is 14. The lowest BCUT2D eigenvalue weighted by Gasteiger charge is -2.36. The molecular weight excluding hydrogens is 609 g/mol. The fourth-order valence-electron chi connectivity index (χ4n) is 11.3. The van der Waals surface area contributed by atoms with E-state index < -0.39 is 0 Å². The molecule has 0 amide bonds. The standard InChI is InChI=1S/C24H46P2.C18H35P.CH4/c25-15-13-19-1-5-21(6-2-19)17-23-9-11-24(12-10-23)18-22-7-3-20(4-8-22)14-16-26;1-2-3-15-4-8-17(9-5-15)14-18-10-6-16(7-11-18)12-13-19;/h19-24H,1-18,25-26H2;15-18H,2-14,19H2,1H3;1H4. The van der Waals surface area contributed by atoms with Crippen LogP contribution in [0.1, 0.15) is 194 Å². The van der Waals surface area contributed by atoms with Crippen molar-refractivity contribution in [3.05, 3.63) is 0 Å². The highest BCUT2D eigenvalue weighted by Crippen LogP contribution is 2.43. The van der Waals surface area contributed by atoms with Crippen molar-refractivity contribution in [3.8, 4) is 0 Å². The van der Waals surface area contributed by atoms with Crippen LogP contribution in [-0.2, 0) is 0 Å². The largest absolute Gasteiger partial charge is 0.138 e. The highest BCUT2D eigenvalue weighted by Gasteiger charge is 2.30. The van der Waals surface area contributed by atoms with Crippen LogP contribution in [0.25, 0.3) is 0 Å². The minimum Gasteiger partial charge on any atom is -0.138 e. The van der Waals surface area contributed by atoms with Gasteiger partial charge < -0.3 is 0 Å². The van der Waals surface area contributed by atoms with Crippen LogP contribution >= 0.6 is 27.7 Å². The van der Waals surface area contributed by atoms with E-state index in [1.54, 1.807) is 109 Å². The van der Waals surface area contributed by atoms with Crippen LogP contribution in [0, 0.1) is 59.2 Å². The lowest BCUT2D eigenvalue weighted by atomic mass is 9.70. The number of hydrogen-bond donors (Lipinski definition) is 0. The first-order valence-electron chi connectivity index (χ1n) is 21.2. The van der Waals surface area contributed by atoms with Crippen molar-refractivity contribution in [1.29, 1.82) is 0 Å². The van der Waals surface area contributed by atoms with Crippen LogP contribution < -0.4 is 0 Å². The van der Waals surface area contributed by atoms with Gasteiger partial charge in [0.1, 0.15) is 0 Å². The molecule has 0 bridgehead atoms. The van der Waals surface area contributed by atoms with Gasteiger partial charge in [0.05, 0.1) is 0 Å². The van der Waals surface area contributed by atoms with Crippen molar-refractivity contribution in [3.63, 3.8) is 0 Å². The summed E-state index contributed by atoms with van der Waals surface area (Å²) in [5.41, 5.74) is 0. The van der Waals surface area contributed by atoms with E-state index in [4.69, 9.17) is 0 Å². The summed E-state index contributed by atoms with van der Waals surface area (Å²) in [7, 11) is 8.75. The molecule has 0 aromatic rings. The van der Waals surface area contributed by atoms with Gasteiger partial charge in [-0.1, -0.05) is 156 Å². The maximum Gasteiger partial charge on any atom is -0.0378 e. The zero-order valence-corrected chi connectivity index (χ0v) is 33.9. The minimum atomic E-state index is 0. The molecule has 0 aromatic heterocycles. The zero-order chi connectivity index (χ0) is 31.7. The summed E-state index contributed by atoms with van der Waals surface area (Å²) in [5, 5.41) is 0. The van der Waals surface area contributed by atoms with Crippen LogP contribution in [0.5, 0.6) is 0 Å². The van der Waals surface area contributed by atoms with Crippen LogP contribution in [0.4, 0.5) is 0 Å². The van der Waals surface area contributed by atoms with Gasteiger partial charge in [0, 0.05) is 0 Å². The van der Waals surface area contributed by atoms with Crippen LogP contribution in [0.3, 0.4) is 0 Å². The second-order valence-corrected chi connectivity index (χ2v) is 19.4. The summed E-state index contributed by atoms with van der Waals surface area (Å²) in [6, 6.07) is 0. The molecule has 3 atom stereocenters. The molecule has 5 rings (SSSR count). The molecule has 5 aliphatic rings. The van der Waals surface area contributed by atoms with Crippen molar-refractivity contribution < 1.29 is 0 Å². The maximum atomic E-state index is 2.93. The maximum absolute atomic E-state index is 2.93. The monoisotopic (exact) mass is 695 g/mol. The Morgan fingerprint density at radius 3 is 0.652 bits per heavy atom.